The lowest BCUT2D eigenvalue weighted by Crippen LogP contribution is -1.78. The SMILES string of the molecule is [2H]C1([2H])OC([2H])([2H])c2cc(O)ccc21. The molecule has 0 atom stereocenters. The summed E-state index contributed by atoms with van der Waals surface area (Å²) in [5.74, 6) is -0.103. The molecule has 1 aromatic rings. The summed E-state index contributed by atoms with van der Waals surface area (Å²) in [5.41, 5.74) is 0.169. The Morgan fingerprint density at radius 2 is 2.20 bits per heavy atom. The Morgan fingerprint density at radius 1 is 1.40 bits per heavy atom. The van der Waals surface area contributed by atoms with Crippen LogP contribution in [0.1, 0.15) is 16.6 Å². The van der Waals surface area contributed by atoms with Gasteiger partial charge in [-0.3, -0.25) is 0 Å². The normalized spacial score (nSPS) is 31.2. The van der Waals surface area contributed by atoms with Gasteiger partial charge in [0.25, 0.3) is 0 Å². The molecular formula is C8H8O2. The van der Waals surface area contributed by atoms with E-state index in [4.69, 9.17) is 10.6 Å². The second-order valence-electron chi connectivity index (χ2n) is 2.04. The van der Waals surface area contributed by atoms with Crippen molar-refractivity contribution in [3.8, 4) is 5.75 Å². The molecule has 1 aliphatic rings. The van der Waals surface area contributed by atoms with Crippen molar-refractivity contribution in [3.63, 3.8) is 0 Å². The Bertz CT molecular complexity index is 389. The third-order valence-corrected chi connectivity index (χ3v) is 1.33. The van der Waals surface area contributed by atoms with Crippen molar-refractivity contribution in [1.29, 1.82) is 0 Å². The molecule has 1 heterocycles. The maximum absolute atomic E-state index is 9.15. The summed E-state index contributed by atoms with van der Waals surface area (Å²) in [7, 11) is 0. The number of hydrogen-bond acceptors (Lipinski definition) is 2. The van der Waals surface area contributed by atoms with Crippen LogP contribution in [0.25, 0.3) is 0 Å². The van der Waals surface area contributed by atoms with E-state index in [1.54, 1.807) is 0 Å². The van der Waals surface area contributed by atoms with Crippen LogP contribution >= 0.6 is 0 Å². The molecule has 1 N–H and O–H groups in total. The van der Waals surface area contributed by atoms with Crippen molar-refractivity contribution < 1.29 is 15.3 Å². The van der Waals surface area contributed by atoms with Gasteiger partial charge in [0.2, 0.25) is 0 Å². The van der Waals surface area contributed by atoms with E-state index in [1.165, 1.54) is 18.2 Å². The van der Waals surface area contributed by atoms with Crippen LogP contribution in [0.3, 0.4) is 0 Å². The fourth-order valence-electron chi connectivity index (χ4n) is 0.841. The number of rotatable bonds is 0. The van der Waals surface area contributed by atoms with Crippen LogP contribution in [-0.2, 0) is 17.9 Å². The van der Waals surface area contributed by atoms with E-state index >= 15 is 0 Å². The molecule has 2 rings (SSSR count). The first-order valence-electron chi connectivity index (χ1n) is 4.87. The van der Waals surface area contributed by atoms with Gasteiger partial charge in [-0.1, -0.05) is 6.07 Å². The first-order valence-corrected chi connectivity index (χ1v) is 2.87. The van der Waals surface area contributed by atoms with E-state index < -0.39 is 13.1 Å². The van der Waals surface area contributed by atoms with Crippen molar-refractivity contribution in [1.82, 2.24) is 0 Å². The second-order valence-corrected chi connectivity index (χ2v) is 2.04. The van der Waals surface area contributed by atoms with Gasteiger partial charge >= 0.3 is 0 Å². The highest BCUT2D eigenvalue weighted by Crippen LogP contribution is 2.23. The average Bonchev–Trinajstić information content (AvgIpc) is 2.17. The predicted octanol–water partition coefficient (Wildman–Crippen LogP) is 1.42. The van der Waals surface area contributed by atoms with Gasteiger partial charge in [-0.2, -0.15) is 0 Å². The first-order chi connectivity index (χ1) is 6.33. The zero-order valence-corrected chi connectivity index (χ0v) is 5.09. The molecule has 0 aromatic heterocycles. The summed E-state index contributed by atoms with van der Waals surface area (Å²) in [6, 6.07) is 3.82. The van der Waals surface area contributed by atoms with Crippen molar-refractivity contribution in [3.05, 3.63) is 29.3 Å². The molecule has 0 unspecified atom stereocenters. The number of phenolic OH excluding ortho intramolecular Hbond substituents is 1. The molecule has 0 amide bonds. The Labute approximate surface area is 64.7 Å². The molecule has 0 aliphatic carbocycles. The van der Waals surface area contributed by atoms with E-state index in [2.05, 4.69) is 4.74 Å². The molecule has 0 saturated heterocycles. The van der Waals surface area contributed by atoms with Crippen LogP contribution in [0.5, 0.6) is 5.75 Å². The first kappa shape index (κ1) is 2.93. The average molecular weight is 140 g/mol. The lowest BCUT2D eigenvalue weighted by Gasteiger charge is -1.95. The molecule has 0 bridgehead atoms. The Hall–Kier alpha value is -1.02. The molecule has 1 aromatic carbocycles. The third-order valence-electron chi connectivity index (χ3n) is 1.33. The van der Waals surface area contributed by atoms with Crippen molar-refractivity contribution in [2.75, 3.05) is 0 Å². The Morgan fingerprint density at radius 3 is 3.10 bits per heavy atom. The van der Waals surface area contributed by atoms with Gasteiger partial charge in [0.1, 0.15) is 5.75 Å². The molecule has 0 radical (unpaired) electrons. The van der Waals surface area contributed by atoms with Gasteiger partial charge < -0.3 is 9.84 Å². The summed E-state index contributed by atoms with van der Waals surface area (Å²) in [4.78, 5) is 0. The minimum atomic E-state index is -2.18. The molecule has 2 heteroatoms. The van der Waals surface area contributed by atoms with Crippen LogP contribution in [0.2, 0.25) is 0 Å². The van der Waals surface area contributed by atoms with Crippen molar-refractivity contribution >= 4 is 0 Å². The van der Waals surface area contributed by atoms with Crippen molar-refractivity contribution in [2.24, 2.45) is 0 Å². The van der Waals surface area contributed by atoms with E-state index in [1.807, 2.05) is 0 Å². The van der Waals surface area contributed by atoms with Gasteiger partial charge in [0.15, 0.2) is 0 Å². The van der Waals surface area contributed by atoms with Crippen molar-refractivity contribution in [2.45, 2.75) is 13.1 Å². The molecule has 0 spiro atoms. The molecule has 0 saturated carbocycles. The van der Waals surface area contributed by atoms with Gasteiger partial charge in [-0.05, 0) is 23.3 Å². The van der Waals surface area contributed by atoms with Crippen LogP contribution < -0.4 is 0 Å². The summed E-state index contributed by atoms with van der Waals surface area (Å²) in [5, 5.41) is 9.15. The van der Waals surface area contributed by atoms with E-state index in [0.717, 1.165) is 0 Å². The minimum absolute atomic E-state index is 0.0440. The molecule has 1 aliphatic heterocycles. The molecule has 0 fully saturated rings. The van der Waals surface area contributed by atoms with Crippen LogP contribution in [-0.4, -0.2) is 5.11 Å². The molecular weight excluding hydrogens is 128 g/mol. The fraction of sp³-hybridized carbons (Fsp3) is 0.250. The predicted molar refractivity (Wildman–Crippen MR) is 36.6 cm³/mol. The topological polar surface area (TPSA) is 29.5 Å². The summed E-state index contributed by atoms with van der Waals surface area (Å²) in [6.07, 6.45) is 0. The number of hydrogen-bond donors (Lipinski definition) is 1. The largest absolute Gasteiger partial charge is 0.508 e. The van der Waals surface area contributed by atoms with E-state index in [9.17, 15) is 0 Å². The number of aromatic hydroxyl groups is 1. The number of benzene rings is 1. The zero-order chi connectivity index (χ0) is 10.6. The van der Waals surface area contributed by atoms with Crippen LogP contribution in [0.4, 0.5) is 0 Å². The van der Waals surface area contributed by atoms with Gasteiger partial charge in [0.05, 0.1) is 18.6 Å². The molecule has 2 nitrogen and oxygen atoms in total. The summed E-state index contributed by atoms with van der Waals surface area (Å²) in [6.45, 7) is -4.32. The van der Waals surface area contributed by atoms with E-state index in [-0.39, 0.29) is 16.9 Å². The monoisotopic (exact) mass is 140 g/mol. The lowest BCUT2D eigenvalue weighted by atomic mass is 10.1. The van der Waals surface area contributed by atoms with Gasteiger partial charge in [-0.25, -0.2) is 0 Å². The van der Waals surface area contributed by atoms with Gasteiger partial charge in [0, 0.05) is 0 Å². The maximum Gasteiger partial charge on any atom is 0.115 e. The smallest absolute Gasteiger partial charge is 0.115 e. The Balaban J connectivity index is 2.66. The van der Waals surface area contributed by atoms with Crippen LogP contribution in [0, 0.1) is 0 Å². The highest BCUT2D eigenvalue weighted by atomic mass is 16.5. The van der Waals surface area contributed by atoms with Gasteiger partial charge in [-0.15, -0.1) is 0 Å². The molecule has 52 valence electrons. The minimum Gasteiger partial charge on any atom is -0.508 e. The molecule has 10 heavy (non-hydrogen) atoms. The number of fused-ring (bicyclic) bond motifs is 1. The zero-order valence-electron chi connectivity index (χ0n) is 9.09. The second kappa shape index (κ2) is 1.99. The highest BCUT2D eigenvalue weighted by molar-refractivity contribution is 5.35. The fourth-order valence-corrected chi connectivity index (χ4v) is 0.841. The number of phenols is 1. The Kier molecular flexibility index (Phi) is 0.582. The third kappa shape index (κ3) is 0.772. The summed E-state index contributed by atoms with van der Waals surface area (Å²) >= 11 is 0. The maximum atomic E-state index is 9.15. The highest BCUT2D eigenvalue weighted by Gasteiger charge is 2.09. The standard InChI is InChI=1S/C8H8O2/c9-8-2-1-6-4-10-5-7(6)3-8/h1-3,9H,4-5H2/i4D2,5D2. The quantitative estimate of drug-likeness (QED) is 0.590. The van der Waals surface area contributed by atoms with E-state index in [0.29, 0.717) is 0 Å². The summed E-state index contributed by atoms with van der Waals surface area (Å²) < 4.78 is 34.3. The number of ether oxygens (including phenoxy) is 1. The lowest BCUT2D eigenvalue weighted by molar-refractivity contribution is 0.134. The van der Waals surface area contributed by atoms with Crippen LogP contribution in [0.15, 0.2) is 18.2 Å².